The van der Waals surface area contributed by atoms with E-state index in [2.05, 4.69) is 62.2 Å². The third-order valence-electron chi connectivity index (χ3n) is 5.79. The second kappa shape index (κ2) is 8.94. The molecule has 1 saturated heterocycles. The summed E-state index contributed by atoms with van der Waals surface area (Å²) in [5.74, 6) is -0.0825. The Morgan fingerprint density at radius 1 is 1.00 bits per heavy atom. The fraction of sp³-hybridized carbons (Fsp3) is 0.231. The second-order valence-electron chi connectivity index (χ2n) is 8.13. The molecule has 0 radical (unpaired) electrons. The molecular weight excluding hydrogens is 400 g/mol. The number of hydrogen-bond donors (Lipinski definition) is 1. The van der Waals surface area contributed by atoms with E-state index in [1.54, 1.807) is 0 Å². The molecule has 2 aromatic heterocycles. The van der Waals surface area contributed by atoms with E-state index in [1.807, 2.05) is 30.5 Å². The number of hydrogen-bond acceptors (Lipinski definition) is 4. The predicted octanol–water partition coefficient (Wildman–Crippen LogP) is 4.46. The fourth-order valence-corrected chi connectivity index (χ4v) is 4.15. The van der Waals surface area contributed by atoms with Crippen LogP contribution >= 0.6 is 0 Å². The van der Waals surface area contributed by atoms with Gasteiger partial charge in [0.2, 0.25) is 5.91 Å². The monoisotopic (exact) mass is 426 g/mol. The number of amides is 1. The number of carbonyl (C=O) groups excluding carboxylic acids is 1. The van der Waals surface area contributed by atoms with Gasteiger partial charge >= 0.3 is 0 Å². The number of morpholine rings is 1. The summed E-state index contributed by atoms with van der Waals surface area (Å²) in [5.41, 5.74) is 7.29. The lowest BCUT2D eigenvalue weighted by Gasteiger charge is -2.26. The molecule has 0 spiro atoms. The first-order chi connectivity index (χ1) is 15.7. The Labute approximate surface area is 187 Å². The molecule has 4 aromatic rings. The number of ether oxygens (including phenoxy) is 1. The molecule has 1 N–H and O–H groups in total. The molecule has 1 aliphatic rings. The zero-order valence-corrected chi connectivity index (χ0v) is 18.1. The van der Waals surface area contributed by atoms with Crippen molar-refractivity contribution < 1.29 is 9.53 Å². The van der Waals surface area contributed by atoms with Crippen LogP contribution in [0.1, 0.15) is 12.5 Å². The van der Waals surface area contributed by atoms with Crippen LogP contribution in [0.3, 0.4) is 0 Å². The van der Waals surface area contributed by atoms with E-state index in [4.69, 9.17) is 4.74 Å². The first-order valence-corrected chi connectivity index (χ1v) is 10.9. The number of benzene rings is 2. The molecule has 0 bridgehead atoms. The highest BCUT2D eigenvalue weighted by atomic mass is 16.5. The van der Waals surface area contributed by atoms with Crippen LogP contribution in [0.4, 0.5) is 5.69 Å². The molecule has 1 aliphatic heterocycles. The van der Waals surface area contributed by atoms with Crippen molar-refractivity contribution in [2.45, 2.75) is 13.5 Å². The molecule has 0 unspecified atom stereocenters. The number of aromatic nitrogens is 2. The molecular formula is C26H26N4O2. The average molecular weight is 427 g/mol. The third kappa shape index (κ3) is 4.42. The minimum absolute atomic E-state index is 0.0825. The Morgan fingerprint density at radius 3 is 2.59 bits per heavy atom. The largest absolute Gasteiger partial charge is 0.379 e. The van der Waals surface area contributed by atoms with Gasteiger partial charge in [-0.15, -0.1) is 0 Å². The van der Waals surface area contributed by atoms with E-state index in [9.17, 15) is 4.79 Å². The van der Waals surface area contributed by atoms with Gasteiger partial charge in [0.15, 0.2) is 0 Å². The van der Waals surface area contributed by atoms with Crippen molar-refractivity contribution in [3.8, 4) is 22.4 Å². The number of pyridine rings is 1. The molecule has 1 amide bonds. The summed E-state index contributed by atoms with van der Waals surface area (Å²) in [6, 6.07) is 20.8. The van der Waals surface area contributed by atoms with Gasteiger partial charge in [0, 0.05) is 44.0 Å². The standard InChI is InChI=1S/C26H26N4O2/c1-19(31)28-24-4-2-3-23(15-24)25-17-27-26-16-22(9-10-30(25)26)21-7-5-20(6-8-21)18-29-11-13-32-14-12-29/h2-10,15-17H,11-14,18H2,1H3,(H,28,31). The van der Waals surface area contributed by atoms with Crippen LogP contribution in [0, 0.1) is 0 Å². The molecule has 3 heterocycles. The van der Waals surface area contributed by atoms with E-state index < -0.39 is 0 Å². The quantitative estimate of drug-likeness (QED) is 0.512. The molecule has 2 aromatic carbocycles. The molecule has 0 saturated carbocycles. The van der Waals surface area contributed by atoms with Crippen molar-refractivity contribution >= 4 is 17.2 Å². The van der Waals surface area contributed by atoms with Crippen LogP contribution in [0.5, 0.6) is 0 Å². The maximum Gasteiger partial charge on any atom is 0.221 e. The molecule has 0 atom stereocenters. The van der Waals surface area contributed by atoms with Gasteiger partial charge in [-0.25, -0.2) is 4.98 Å². The van der Waals surface area contributed by atoms with Gasteiger partial charge < -0.3 is 10.1 Å². The zero-order valence-electron chi connectivity index (χ0n) is 18.1. The Hall–Kier alpha value is -3.48. The number of anilines is 1. The van der Waals surface area contributed by atoms with E-state index in [0.29, 0.717) is 0 Å². The van der Waals surface area contributed by atoms with Crippen LogP contribution in [-0.4, -0.2) is 46.5 Å². The van der Waals surface area contributed by atoms with E-state index in [0.717, 1.165) is 61.0 Å². The van der Waals surface area contributed by atoms with Gasteiger partial charge in [-0.05, 0) is 41.0 Å². The summed E-state index contributed by atoms with van der Waals surface area (Å²) < 4.78 is 7.51. The Morgan fingerprint density at radius 2 is 1.81 bits per heavy atom. The highest BCUT2D eigenvalue weighted by molar-refractivity contribution is 5.89. The second-order valence-corrected chi connectivity index (χ2v) is 8.13. The molecule has 1 fully saturated rings. The van der Waals surface area contributed by atoms with Crippen LogP contribution < -0.4 is 5.32 Å². The van der Waals surface area contributed by atoms with Crippen molar-refractivity contribution in [1.82, 2.24) is 14.3 Å². The van der Waals surface area contributed by atoms with E-state index in [1.165, 1.54) is 18.1 Å². The molecule has 6 heteroatoms. The lowest BCUT2D eigenvalue weighted by molar-refractivity contribution is -0.114. The summed E-state index contributed by atoms with van der Waals surface area (Å²) in [6.07, 6.45) is 3.93. The predicted molar refractivity (Wildman–Crippen MR) is 126 cm³/mol. The smallest absolute Gasteiger partial charge is 0.221 e. The van der Waals surface area contributed by atoms with Gasteiger partial charge in [-0.1, -0.05) is 36.4 Å². The summed E-state index contributed by atoms with van der Waals surface area (Å²) in [5, 5.41) is 2.84. The molecule has 162 valence electrons. The topological polar surface area (TPSA) is 58.9 Å². The number of carbonyl (C=O) groups is 1. The Kier molecular flexibility index (Phi) is 5.71. The van der Waals surface area contributed by atoms with Gasteiger partial charge in [-0.3, -0.25) is 14.1 Å². The van der Waals surface area contributed by atoms with Crippen LogP contribution in [0.15, 0.2) is 73.1 Å². The lowest BCUT2D eigenvalue weighted by Crippen LogP contribution is -2.35. The number of fused-ring (bicyclic) bond motifs is 1. The Balaban J connectivity index is 1.37. The van der Waals surface area contributed by atoms with Crippen LogP contribution in [0.25, 0.3) is 28.0 Å². The van der Waals surface area contributed by atoms with Crippen molar-refractivity contribution in [1.29, 1.82) is 0 Å². The lowest BCUT2D eigenvalue weighted by atomic mass is 10.0. The van der Waals surface area contributed by atoms with Crippen molar-refractivity contribution in [3.05, 3.63) is 78.6 Å². The minimum Gasteiger partial charge on any atom is -0.379 e. The number of rotatable bonds is 5. The van der Waals surface area contributed by atoms with Gasteiger partial charge in [-0.2, -0.15) is 0 Å². The van der Waals surface area contributed by atoms with E-state index in [-0.39, 0.29) is 5.91 Å². The molecule has 0 aliphatic carbocycles. The number of nitrogens with one attached hydrogen (secondary N) is 1. The van der Waals surface area contributed by atoms with Gasteiger partial charge in [0.25, 0.3) is 0 Å². The fourth-order valence-electron chi connectivity index (χ4n) is 4.15. The molecule has 32 heavy (non-hydrogen) atoms. The maximum absolute atomic E-state index is 11.4. The number of nitrogens with zero attached hydrogens (tertiary/aromatic N) is 3. The first-order valence-electron chi connectivity index (χ1n) is 10.9. The SMILES string of the molecule is CC(=O)Nc1cccc(-c2cnc3cc(-c4ccc(CN5CCOCC5)cc4)ccn23)c1. The molecule has 6 nitrogen and oxygen atoms in total. The van der Waals surface area contributed by atoms with Crippen LogP contribution in [0.2, 0.25) is 0 Å². The summed E-state index contributed by atoms with van der Waals surface area (Å²) >= 11 is 0. The summed E-state index contributed by atoms with van der Waals surface area (Å²) in [4.78, 5) is 18.4. The summed E-state index contributed by atoms with van der Waals surface area (Å²) in [6.45, 7) is 6.11. The van der Waals surface area contributed by atoms with Crippen molar-refractivity contribution in [3.63, 3.8) is 0 Å². The Bertz CT molecular complexity index is 1240. The minimum atomic E-state index is -0.0825. The maximum atomic E-state index is 11.4. The molecule has 5 rings (SSSR count). The van der Waals surface area contributed by atoms with Gasteiger partial charge in [0.05, 0.1) is 25.1 Å². The highest BCUT2D eigenvalue weighted by Crippen LogP contribution is 2.27. The first kappa shape index (κ1) is 20.4. The third-order valence-corrected chi connectivity index (χ3v) is 5.79. The summed E-state index contributed by atoms with van der Waals surface area (Å²) in [7, 11) is 0. The average Bonchev–Trinajstić information content (AvgIpc) is 3.23. The van der Waals surface area contributed by atoms with Crippen molar-refractivity contribution in [2.75, 3.05) is 31.6 Å². The van der Waals surface area contributed by atoms with Gasteiger partial charge in [0.1, 0.15) is 5.65 Å². The van der Waals surface area contributed by atoms with Crippen molar-refractivity contribution in [2.24, 2.45) is 0 Å². The normalized spacial score (nSPS) is 14.5. The van der Waals surface area contributed by atoms with E-state index >= 15 is 0 Å². The van der Waals surface area contributed by atoms with Crippen LogP contribution in [-0.2, 0) is 16.1 Å². The highest BCUT2D eigenvalue weighted by Gasteiger charge is 2.11. The zero-order chi connectivity index (χ0) is 21.9. The number of imidazole rings is 1.